The monoisotopic (exact) mass is 594 g/mol. The lowest BCUT2D eigenvalue weighted by atomic mass is 10.1. The van der Waals surface area contributed by atoms with Gasteiger partial charge in [0.05, 0.1) is 28.8 Å². The van der Waals surface area contributed by atoms with Crippen molar-refractivity contribution in [2.75, 3.05) is 5.32 Å². The van der Waals surface area contributed by atoms with E-state index >= 15 is 0 Å². The fourth-order valence-electron chi connectivity index (χ4n) is 3.81. The Morgan fingerprint density at radius 1 is 1.00 bits per heavy atom. The minimum absolute atomic E-state index is 0.113. The summed E-state index contributed by atoms with van der Waals surface area (Å²) in [6.07, 6.45) is 0. The second-order valence-corrected chi connectivity index (χ2v) is 10.6. The molecule has 0 aliphatic carbocycles. The summed E-state index contributed by atoms with van der Waals surface area (Å²) < 4.78 is 3.28. The van der Waals surface area contributed by atoms with Crippen LogP contribution in [-0.2, 0) is 6.54 Å². The summed E-state index contributed by atoms with van der Waals surface area (Å²) in [6, 6.07) is 19.9. The maximum atomic E-state index is 13.7. The molecule has 170 valence electrons. The highest BCUT2D eigenvalue weighted by atomic mass is 79.9. The first-order valence-corrected chi connectivity index (χ1v) is 13.1. The number of para-hydroxylation sites is 1. The first kappa shape index (κ1) is 23.0. The van der Waals surface area contributed by atoms with Crippen LogP contribution in [0.2, 0.25) is 0 Å². The first-order valence-electron chi connectivity index (χ1n) is 10.6. The second kappa shape index (κ2) is 9.44. The van der Waals surface area contributed by atoms with Gasteiger partial charge < -0.3 is 5.32 Å². The van der Waals surface area contributed by atoms with Crippen LogP contribution in [0.5, 0.6) is 0 Å². The Morgan fingerprint density at radius 2 is 1.76 bits per heavy atom. The van der Waals surface area contributed by atoms with Crippen molar-refractivity contribution in [3.8, 4) is 16.9 Å². The Balaban J connectivity index is 1.56. The molecule has 34 heavy (non-hydrogen) atoms. The number of aryl methyl sites for hydroxylation is 2. The van der Waals surface area contributed by atoms with Gasteiger partial charge in [0.2, 0.25) is 0 Å². The quantitative estimate of drug-likeness (QED) is 0.232. The van der Waals surface area contributed by atoms with Crippen molar-refractivity contribution in [2.45, 2.75) is 20.4 Å². The zero-order valence-corrected chi connectivity index (χ0v) is 22.5. The number of thiazole rings is 1. The largest absolute Gasteiger partial charge is 0.354 e. The van der Waals surface area contributed by atoms with Crippen molar-refractivity contribution in [1.82, 2.24) is 14.5 Å². The lowest BCUT2D eigenvalue weighted by molar-refractivity contribution is 0.833. The number of aromatic nitrogens is 3. The summed E-state index contributed by atoms with van der Waals surface area (Å²) in [5.41, 5.74) is 5.54. The fourth-order valence-corrected chi connectivity index (χ4v) is 5.84. The molecule has 1 N–H and O–H groups in total. The fraction of sp³-hybridized carbons (Fsp3) is 0.115. The topological polar surface area (TPSA) is 59.8 Å². The molecule has 0 aliphatic rings. The maximum Gasteiger partial charge on any atom is 0.266 e. The lowest BCUT2D eigenvalue weighted by Gasteiger charge is -2.16. The Hall–Kier alpha value is -2.81. The Labute approximate surface area is 217 Å². The van der Waals surface area contributed by atoms with Gasteiger partial charge in [-0.15, -0.1) is 11.3 Å². The van der Waals surface area contributed by atoms with E-state index in [1.54, 1.807) is 4.57 Å². The van der Waals surface area contributed by atoms with Gasteiger partial charge >= 0.3 is 0 Å². The molecule has 5 aromatic rings. The molecule has 0 aliphatic heterocycles. The third-order valence-corrected chi connectivity index (χ3v) is 7.43. The van der Waals surface area contributed by atoms with Crippen LogP contribution in [-0.4, -0.2) is 14.5 Å². The molecule has 0 unspecified atom stereocenters. The molecule has 0 fully saturated rings. The predicted molar refractivity (Wildman–Crippen MR) is 147 cm³/mol. The van der Waals surface area contributed by atoms with E-state index in [-0.39, 0.29) is 5.56 Å². The van der Waals surface area contributed by atoms with Crippen molar-refractivity contribution >= 4 is 59.2 Å². The zero-order chi connectivity index (χ0) is 23.8. The SMILES string of the molecule is Cc1ccc(-c2csc(NCc3nc4c(Br)cc(Br)cc4c(=O)n3-c3ccccc3C)n2)cc1. The number of anilines is 1. The van der Waals surface area contributed by atoms with Gasteiger partial charge in [-0.2, -0.15) is 0 Å². The molecular weight excluding hydrogens is 576 g/mol. The number of hydrogen-bond donors (Lipinski definition) is 1. The molecular formula is C26H20Br2N4OS. The summed E-state index contributed by atoms with van der Waals surface area (Å²) in [5, 5.41) is 6.73. The molecule has 8 heteroatoms. The zero-order valence-electron chi connectivity index (χ0n) is 18.5. The second-order valence-electron chi connectivity index (χ2n) is 8.00. The van der Waals surface area contributed by atoms with Crippen LogP contribution in [0.25, 0.3) is 27.8 Å². The molecule has 0 amide bonds. The molecule has 5 nitrogen and oxygen atoms in total. The van der Waals surface area contributed by atoms with Crippen LogP contribution < -0.4 is 10.9 Å². The highest BCUT2D eigenvalue weighted by Crippen LogP contribution is 2.28. The molecule has 0 bridgehead atoms. The van der Waals surface area contributed by atoms with Crippen molar-refractivity contribution in [3.63, 3.8) is 0 Å². The van der Waals surface area contributed by atoms with Crippen molar-refractivity contribution < 1.29 is 0 Å². The Morgan fingerprint density at radius 3 is 2.53 bits per heavy atom. The average molecular weight is 596 g/mol. The van der Waals surface area contributed by atoms with E-state index in [2.05, 4.69) is 68.4 Å². The molecule has 5 rings (SSSR count). The molecule has 0 spiro atoms. The molecule has 0 saturated heterocycles. The maximum absolute atomic E-state index is 13.7. The van der Waals surface area contributed by atoms with Crippen molar-refractivity contribution in [2.24, 2.45) is 0 Å². The average Bonchev–Trinajstić information content (AvgIpc) is 3.29. The Kier molecular flexibility index (Phi) is 6.38. The smallest absolute Gasteiger partial charge is 0.266 e. The third-order valence-electron chi connectivity index (χ3n) is 5.57. The van der Waals surface area contributed by atoms with Gasteiger partial charge in [-0.1, -0.05) is 64.0 Å². The number of halogens is 2. The summed E-state index contributed by atoms with van der Waals surface area (Å²) in [4.78, 5) is 23.3. The molecule has 0 saturated carbocycles. The van der Waals surface area contributed by atoms with Crippen LogP contribution in [0.1, 0.15) is 17.0 Å². The molecule has 0 atom stereocenters. The minimum Gasteiger partial charge on any atom is -0.354 e. The normalized spacial score (nSPS) is 11.2. The van der Waals surface area contributed by atoms with Gasteiger partial charge in [0.15, 0.2) is 5.13 Å². The van der Waals surface area contributed by atoms with Gasteiger partial charge in [-0.25, -0.2) is 9.97 Å². The molecule has 3 aromatic carbocycles. The van der Waals surface area contributed by atoms with Gasteiger partial charge in [-0.05, 0) is 53.5 Å². The van der Waals surface area contributed by atoms with Gasteiger partial charge in [0, 0.05) is 19.9 Å². The summed E-state index contributed by atoms with van der Waals surface area (Å²) in [7, 11) is 0. The van der Waals surface area contributed by atoms with E-state index in [0.717, 1.165) is 36.6 Å². The molecule has 2 heterocycles. The number of rotatable bonds is 5. The predicted octanol–water partition coefficient (Wildman–Crippen LogP) is 7.26. The van der Waals surface area contributed by atoms with Crippen LogP contribution in [0.15, 0.2) is 79.8 Å². The van der Waals surface area contributed by atoms with E-state index < -0.39 is 0 Å². The van der Waals surface area contributed by atoms with Crippen LogP contribution in [0, 0.1) is 13.8 Å². The highest BCUT2D eigenvalue weighted by molar-refractivity contribution is 9.11. The minimum atomic E-state index is -0.113. The van der Waals surface area contributed by atoms with Gasteiger partial charge in [0.25, 0.3) is 5.56 Å². The summed E-state index contributed by atoms with van der Waals surface area (Å²) in [6.45, 7) is 4.41. The first-order chi connectivity index (χ1) is 16.4. The number of hydrogen-bond acceptors (Lipinski definition) is 5. The van der Waals surface area contributed by atoms with E-state index in [1.165, 1.54) is 16.9 Å². The number of fused-ring (bicyclic) bond motifs is 1. The van der Waals surface area contributed by atoms with Crippen LogP contribution >= 0.6 is 43.2 Å². The highest BCUT2D eigenvalue weighted by Gasteiger charge is 2.17. The Bertz CT molecular complexity index is 1570. The van der Waals surface area contributed by atoms with E-state index in [9.17, 15) is 4.79 Å². The van der Waals surface area contributed by atoms with Gasteiger partial charge in [0.1, 0.15) is 5.82 Å². The third kappa shape index (κ3) is 4.45. The van der Waals surface area contributed by atoms with Gasteiger partial charge in [-0.3, -0.25) is 9.36 Å². The van der Waals surface area contributed by atoms with E-state index in [0.29, 0.717) is 23.3 Å². The summed E-state index contributed by atoms with van der Waals surface area (Å²) >= 11 is 8.60. The van der Waals surface area contributed by atoms with E-state index in [1.807, 2.05) is 48.7 Å². The summed E-state index contributed by atoms with van der Waals surface area (Å²) in [5.74, 6) is 0.613. The molecule has 0 radical (unpaired) electrons. The number of benzene rings is 3. The molecule has 2 aromatic heterocycles. The van der Waals surface area contributed by atoms with Crippen LogP contribution in [0.3, 0.4) is 0 Å². The van der Waals surface area contributed by atoms with Crippen molar-refractivity contribution in [1.29, 1.82) is 0 Å². The van der Waals surface area contributed by atoms with E-state index in [4.69, 9.17) is 9.97 Å². The number of nitrogens with one attached hydrogen (secondary N) is 1. The number of nitrogens with zero attached hydrogens (tertiary/aromatic N) is 3. The van der Waals surface area contributed by atoms with Crippen LogP contribution in [0.4, 0.5) is 5.13 Å². The lowest BCUT2D eigenvalue weighted by Crippen LogP contribution is -2.26. The standard InChI is InChI=1S/C26H20Br2N4OS/c1-15-7-9-17(10-8-15)21-14-34-26(30-21)29-13-23-31-24-19(11-18(27)12-20(24)28)25(33)32(23)22-6-4-3-5-16(22)2/h3-12,14H,13H2,1-2H3,(H,29,30). The van der Waals surface area contributed by atoms with Crippen molar-refractivity contribution in [3.05, 3.63) is 102 Å².